The van der Waals surface area contributed by atoms with Crippen LogP contribution in [0.15, 0.2) is 24.3 Å². The fourth-order valence-corrected chi connectivity index (χ4v) is 2.94. The molecule has 7 heteroatoms. The summed E-state index contributed by atoms with van der Waals surface area (Å²) in [4.78, 5) is 12.2. The lowest BCUT2D eigenvalue weighted by Gasteiger charge is -2.04. The first-order valence-corrected chi connectivity index (χ1v) is 7.48. The monoisotopic (exact) mass is 305 g/mol. The van der Waals surface area contributed by atoms with Crippen molar-refractivity contribution in [3.63, 3.8) is 0 Å². The summed E-state index contributed by atoms with van der Waals surface area (Å²) in [6.45, 7) is 0.760. The second-order valence-electron chi connectivity index (χ2n) is 4.63. The molecule has 1 aromatic carbocycles. The zero-order valence-corrected chi connectivity index (χ0v) is 12.4. The molecule has 0 radical (unpaired) electrons. The maximum atomic E-state index is 12.2. The highest BCUT2D eigenvalue weighted by atomic mass is 32.1. The van der Waals surface area contributed by atoms with Gasteiger partial charge in [-0.1, -0.05) is 17.4 Å². The van der Waals surface area contributed by atoms with E-state index in [0.717, 1.165) is 24.5 Å². The van der Waals surface area contributed by atoms with Crippen LogP contribution >= 0.6 is 11.3 Å². The van der Waals surface area contributed by atoms with E-state index in [1.165, 1.54) is 11.3 Å². The molecule has 1 N–H and O–H groups in total. The predicted octanol–water partition coefficient (Wildman–Crippen LogP) is 2.65. The van der Waals surface area contributed by atoms with E-state index in [0.29, 0.717) is 16.4 Å². The largest absolute Gasteiger partial charge is 0.497 e. The van der Waals surface area contributed by atoms with E-state index in [1.54, 1.807) is 31.4 Å². The highest BCUT2D eigenvalue weighted by Gasteiger charge is 2.22. The van der Waals surface area contributed by atoms with E-state index in [1.807, 2.05) is 0 Å². The quantitative estimate of drug-likeness (QED) is 0.940. The average molecular weight is 305 g/mol. The molecule has 2 heterocycles. The zero-order valence-electron chi connectivity index (χ0n) is 11.5. The Kier molecular flexibility index (Phi) is 4.12. The first-order chi connectivity index (χ1) is 10.3. The van der Waals surface area contributed by atoms with Gasteiger partial charge in [-0.15, -0.1) is 10.2 Å². The molecule has 2 aromatic rings. The summed E-state index contributed by atoms with van der Waals surface area (Å²) in [5, 5.41) is 12.1. The molecule has 1 aromatic heterocycles. The number of carbonyl (C=O) groups excluding carboxylic acids is 1. The van der Waals surface area contributed by atoms with Gasteiger partial charge in [0.2, 0.25) is 5.13 Å². The van der Waals surface area contributed by atoms with E-state index in [-0.39, 0.29) is 12.0 Å². The van der Waals surface area contributed by atoms with Gasteiger partial charge >= 0.3 is 0 Å². The van der Waals surface area contributed by atoms with Gasteiger partial charge in [0.05, 0.1) is 7.11 Å². The molecule has 1 atom stereocenters. The predicted molar refractivity (Wildman–Crippen MR) is 78.8 cm³/mol. The van der Waals surface area contributed by atoms with Crippen LogP contribution in [0.25, 0.3) is 0 Å². The number of aromatic nitrogens is 2. The molecular formula is C14H15N3O3S. The summed E-state index contributed by atoms with van der Waals surface area (Å²) in [6.07, 6.45) is 2.01. The number of rotatable bonds is 4. The number of nitrogens with zero attached hydrogens (tertiary/aromatic N) is 2. The molecule has 0 spiro atoms. The highest BCUT2D eigenvalue weighted by molar-refractivity contribution is 7.15. The third kappa shape index (κ3) is 3.20. The molecule has 1 saturated heterocycles. The molecule has 1 aliphatic rings. The van der Waals surface area contributed by atoms with Crippen molar-refractivity contribution in [1.82, 2.24) is 10.2 Å². The van der Waals surface area contributed by atoms with E-state index in [2.05, 4.69) is 15.5 Å². The molecule has 0 bridgehead atoms. The van der Waals surface area contributed by atoms with Gasteiger partial charge in [0.1, 0.15) is 16.9 Å². The van der Waals surface area contributed by atoms with Crippen molar-refractivity contribution in [2.75, 3.05) is 19.0 Å². The van der Waals surface area contributed by atoms with Crippen molar-refractivity contribution in [3.05, 3.63) is 34.8 Å². The molecule has 1 amide bonds. The minimum Gasteiger partial charge on any atom is -0.497 e. The van der Waals surface area contributed by atoms with Crippen LogP contribution < -0.4 is 10.1 Å². The lowest BCUT2D eigenvalue weighted by molar-refractivity contribution is 0.102. The zero-order chi connectivity index (χ0) is 14.7. The van der Waals surface area contributed by atoms with Crippen molar-refractivity contribution in [1.29, 1.82) is 0 Å². The van der Waals surface area contributed by atoms with Gasteiger partial charge < -0.3 is 9.47 Å². The van der Waals surface area contributed by atoms with Crippen LogP contribution in [0.5, 0.6) is 5.75 Å². The number of ether oxygens (including phenoxy) is 2. The summed E-state index contributed by atoms with van der Waals surface area (Å²) in [5.74, 6) is 0.406. The number of carbonyl (C=O) groups is 1. The van der Waals surface area contributed by atoms with Crippen molar-refractivity contribution in [2.24, 2.45) is 0 Å². The fraction of sp³-hybridized carbons (Fsp3) is 0.357. The number of hydrogen-bond acceptors (Lipinski definition) is 6. The maximum Gasteiger partial charge on any atom is 0.257 e. The number of anilines is 1. The van der Waals surface area contributed by atoms with Gasteiger partial charge in [-0.3, -0.25) is 10.1 Å². The normalized spacial score (nSPS) is 17.7. The number of benzene rings is 1. The number of hydrogen-bond donors (Lipinski definition) is 1. The van der Waals surface area contributed by atoms with Gasteiger partial charge in [0.25, 0.3) is 5.91 Å². The van der Waals surface area contributed by atoms with Crippen molar-refractivity contribution in [3.8, 4) is 5.75 Å². The highest BCUT2D eigenvalue weighted by Crippen LogP contribution is 2.32. The van der Waals surface area contributed by atoms with Crippen molar-refractivity contribution in [2.45, 2.75) is 18.9 Å². The maximum absolute atomic E-state index is 12.2. The van der Waals surface area contributed by atoms with Gasteiger partial charge in [-0.2, -0.15) is 0 Å². The van der Waals surface area contributed by atoms with Crippen molar-refractivity contribution >= 4 is 22.4 Å². The van der Waals surface area contributed by atoms with Crippen LogP contribution in [-0.4, -0.2) is 29.8 Å². The molecule has 110 valence electrons. The summed E-state index contributed by atoms with van der Waals surface area (Å²) in [5.41, 5.74) is 0.517. The van der Waals surface area contributed by atoms with Crippen LogP contribution in [0.2, 0.25) is 0 Å². The molecule has 1 aliphatic heterocycles. The molecule has 6 nitrogen and oxygen atoms in total. The fourth-order valence-electron chi connectivity index (χ4n) is 2.12. The van der Waals surface area contributed by atoms with Crippen LogP contribution in [0, 0.1) is 0 Å². The Labute approximate surface area is 126 Å². The summed E-state index contributed by atoms with van der Waals surface area (Å²) < 4.78 is 10.7. The SMILES string of the molecule is COc1cccc(C(=O)Nc2nnc([C@H]3CCCO3)s2)c1. The van der Waals surface area contributed by atoms with Gasteiger partial charge in [-0.25, -0.2) is 0 Å². The average Bonchev–Trinajstić information content (AvgIpc) is 3.18. The molecule has 0 aliphatic carbocycles. The number of methoxy groups -OCH3 is 1. The van der Waals surface area contributed by atoms with Gasteiger partial charge in [0, 0.05) is 12.2 Å². The topological polar surface area (TPSA) is 73.3 Å². The van der Waals surface area contributed by atoms with E-state index in [4.69, 9.17) is 9.47 Å². The Balaban J connectivity index is 1.69. The Hall–Kier alpha value is -1.99. The summed E-state index contributed by atoms with van der Waals surface area (Å²) in [7, 11) is 1.57. The third-order valence-corrected chi connectivity index (χ3v) is 4.13. The molecule has 3 rings (SSSR count). The molecule has 0 saturated carbocycles. The molecule has 21 heavy (non-hydrogen) atoms. The lowest BCUT2D eigenvalue weighted by Crippen LogP contribution is -2.11. The van der Waals surface area contributed by atoms with E-state index < -0.39 is 0 Å². The third-order valence-electron chi connectivity index (χ3n) is 3.20. The Morgan fingerprint density at radius 2 is 2.38 bits per heavy atom. The molecular weight excluding hydrogens is 290 g/mol. The van der Waals surface area contributed by atoms with Crippen LogP contribution in [0.4, 0.5) is 5.13 Å². The molecule has 0 unspecified atom stereocenters. The van der Waals surface area contributed by atoms with Crippen molar-refractivity contribution < 1.29 is 14.3 Å². The Morgan fingerprint density at radius 3 is 3.14 bits per heavy atom. The number of amides is 1. The van der Waals surface area contributed by atoms with E-state index >= 15 is 0 Å². The van der Waals surface area contributed by atoms with Crippen LogP contribution in [0.1, 0.15) is 34.3 Å². The summed E-state index contributed by atoms with van der Waals surface area (Å²) >= 11 is 1.35. The standard InChI is InChI=1S/C14H15N3O3S/c1-19-10-5-2-4-9(8-10)12(18)15-14-17-16-13(21-14)11-6-3-7-20-11/h2,4-5,8,11H,3,6-7H2,1H3,(H,15,17,18)/t11-/m1/s1. The Morgan fingerprint density at radius 1 is 1.48 bits per heavy atom. The summed E-state index contributed by atoms with van der Waals surface area (Å²) in [6, 6.07) is 6.96. The second kappa shape index (κ2) is 6.19. The first kappa shape index (κ1) is 14.0. The molecule has 1 fully saturated rings. The minimum absolute atomic E-state index is 0.0185. The van der Waals surface area contributed by atoms with Crippen LogP contribution in [0.3, 0.4) is 0 Å². The van der Waals surface area contributed by atoms with Crippen LogP contribution in [-0.2, 0) is 4.74 Å². The lowest BCUT2D eigenvalue weighted by atomic mass is 10.2. The minimum atomic E-state index is -0.232. The first-order valence-electron chi connectivity index (χ1n) is 6.66. The second-order valence-corrected chi connectivity index (χ2v) is 5.64. The Bertz CT molecular complexity index is 638. The van der Waals surface area contributed by atoms with E-state index in [9.17, 15) is 4.79 Å². The van der Waals surface area contributed by atoms with Gasteiger partial charge in [-0.05, 0) is 31.0 Å². The van der Waals surface area contributed by atoms with Gasteiger partial charge in [0.15, 0.2) is 0 Å². The smallest absolute Gasteiger partial charge is 0.257 e. The number of nitrogens with one attached hydrogen (secondary N) is 1.